The van der Waals surface area contributed by atoms with Crippen molar-refractivity contribution in [3.63, 3.8) is 0 Å². The minimum Gasteiger partial charge on any atom is -0.487 e. The van der Waals surface area contributed by atoms with Crippen LogP contribution in [0.25, 0.3) is 0 Å². The van der Waals surface area contributed by atoms with Crippen molar-refractivity contribution in [2.75, 3.05) is 39.9 Å². The van der Waals surface area contributed by atoms with Crippen LogP contribution in [-0.4, -0.2) is 79.6 Å². The number of likely N-dealkylation sites (tertiary alicyclic amines) is 1. The minimum absolute atomic E-state index is 0.00596. The molecule has 0 bridgehead atoms. The lowest BCUT2D eigenvalue weighted by Gasteiger charge is -2.43. The van der Waals surface area contributed by atoms with Crippen LogP contribution in [0.15, 0.2) is 48.5 Å². The summed E-state index contributed by atoms with van der Waals surface area (Å²) in [6.45, 7) is 1.33. The van der Waals surface area contributed by atoms with E-state index >= 15 is 0 Å². The first-order chi connectivity index (χ1) is 19.2. The van der Waals surface area contributed by atoms with Crippen molar-refractivity contribution in [1.29, 1.82) is 0 Å². The maximum absolute atomic E-state index is 14.1. The molecule has 0 saturated carbocycles. The van der Waals surface area contributed by atoms with E-state index in [4.69, 9.17) is 23.7 Å². The van der Waals surface area contributed by atoms with E-state index in [0.717, 1.165) is 5.56 Å². The van der Waals surface area contributed by atoms with Crippen LogP contribution in [-0.2, 0) is 39.1 Å². The number of carbonyl (C=O) groups excluding carboxylic acids is 3. The van der Waals surface area contributed by atoms with Gasteiger partial charge in [-0.15, -0.1) is 0 Å². The van der Waals surface area contributed by atoms with Gasteiger partial charge in [0.15, 0.2) is 17.4 Å². The summed E-state index contributed by atoms with van der Waals surface area (Å²) in [5, 5.41) is 0. The average Bonchev–Trinajstić information content (AvgIpc) is 3.50. The topological polar surface area (TPSA) is 104 Å². The van der Waals surface area contributed by atoms with E-state index in [0.29, 0.717) is 39.0 Å². The number of halogens is 2. The van der Waals surface area contributed by atoms with Gasteiger partial charge in [0, 0.05) is 24.9 Å². The SMILES string of the molecule is CN(CCCC1(c2ccc(F)cc2)OCCO1)CC(=O)N1CCC(Oc2ccccc2F)CC12OC(=O)C(=O)O2. The van der Waals surface area contributed by atoms with Crippen LogP contribution < -0.4 is 4.74 Å². The van der Waals surface area contributed by atoms with E-state index in [2.05, 4.69) is 0 Å². The van der Waals surface area contributed by atoms with Crippen LogP contribution in [0.1, 0.15) is 31.2 Å². The fourth-order valence-corrected chi connectivity index (χ4v) is 5.26. The summed E-state index contributed by atoms with van der Waals surface area (Å²) in [6.07, 6.45) is 0.536. The van der Waals surface area contributed by atoms with E-state index in [-0.39, 0.29) is 31.1 Å². The highest BCUT2D eigenvalue weighted by atomic mass is 19.1. The number of ether oxygens (including phenoxy) is 5. The molecule has 0 radical (unpaired) electrons. The molecule has 3 aliphatic heterocycles. The second kappa shape index (κ2) is 11.5. The predicted octanol–water partition coefficient (Wildman–Crippen LogP) is 2.70. The number of likely N-dealkylation sites (N-methyl/N-ethyl adjacent to an activating group) is 1. The molecule has 1 unspecified atom stereocenters. The molecule has 0 N–H and O–H groups in total. The molecule has 40 heavy (non-hydrogen) atoms. The van der Waals surface area contributed by atoms with E-state index < -0.39 is 41.5 Å². The molecule has 5 rings (SSSR count). The van der Waals surface area contributed by atoms with Crippen molar-refractivity contribution in [1.82, 2.24) is 9.80 Å². The van der Waals surface area contributed by atoms with Crippen LogP contribution >= 0.6 is 0 Å². The van der Waals surface area contributed by atoms with Crippen molar-refractivity contribution < 1.29 is 46.8 Å². The Balaban J connectivity index is 1.20. The highest BCUT2D eigenvalue weighted by Crippen LogP contribution is 2.38. The number of carbonyl (C=O) groups is 3. The highest BCUT2D eigenvalue weighted by molar-refractivity contribution is 6.31. The van der Waals surface area contributed by atoms with Crippen molar-refractivity contribution >= 4 is 17.8 Å². The van der Waals surface area contributed by atoms with Crippen molar-refractivity contribution in [3.05, 3.63) is 65.7 Å². The number of hydrogen-bond donors (Lipinski definition) is 0. The van der Waals surface area contributed by atoms with Gasteiger partial charge in [-0.25, -0.2) is 18.4 Å². The van der Waals surface area contributed by atoms with Gasteiger partial charge in [0.1, 0.15) is 11.9 Å². The van der Waals surface area contributed by atoms with Gasteiger partial charge in [0.25, 0.3) is 0 Å². The Morgan fingerprint density at radius 1 is 1.05 bits per heavy atom. The lowest BCUT2D eigenvalue weighted by molar-refractivity contribution is -0.267. The number of piperidine rings is 1. The van der Waals surface area contributed by atoms with Crippen LogP contribution in [0.5, 0.6) is 5.75 Å². The lowest BCUT2D eigenvalue weighted by Crippen LogP contribution is -2.61. The van der Waals surface area contributed by atoms with Gasteiger partial charge in [-0.2, -0.15) is 0 Å². The Labute approximate surface area is 229 Å². The summed E-state index contributed by atoms with van der Waals surface area (Å²) in [6, 6.07) is 11.8. The van der Waals surface area contributed by atoms with E-state index in [1.165, 1.54) is 35.2 Å². The van der Waals surface area contributed by atoms with Crippen LogP contribution in [0.4, 0.5) is 8.78 Å². The van der Waals surface area contributed by atoms with Gasteiger partial charge in [-0.3, -0.25) is 14.6 Å². The normalized spacial score (nSPS) is 21.5. The van der Waals surface area contributed by atoms with Crippen molar-refractivity contribution in [2.45, 2.75) is 43.5 Å². The molecule has 10 nitrogen and oxygen atoms in total. The van der Waals surface area contributed by atoms with Crippen molar-refractivity contribution in [3.8, 4) is 5.75 Å². The van der Waals surface area contributed by atoms with Gasteiger partial charge >= 0.3 is 17.8 Å². The standard InChI is InChI=1S/C28H30F2N2O8/c1-31(13-4-12-27(36-15-16-37-27)19-7-9-20(29)10-8-19)18-24(33)32-14-11-21(38-23-6-3-2-5-22(23)30)17-28(32)39-25(34)26(35)40-28/h2-3,5-10,21H,4,11-18H2,1H3. The van der Waals surface area contributed by atoms with Crippen LogP contribution in [0.2, 0.25) is 0 Å². The molecular weight excluding hydrogens is 530 g/mol. The molecule has 12 heteroatoms. The maximum atomic E-state index is 14.1. The number of hydrogen-bond acceptors (Lipinski definition) is 9. The Morgan fingerprint density at radius 3 is 2.40 bits per heavy atom. The molecule has 1 amide bonds. The number of para-hydroxylation sites is 1. The molecular formula is C28H30F2N2O8. The number of nitrogens with zero attached hydrogens (tertiary/aromatic N) is 2. The fraction of sp³-hybridized carbons (Fsp3) is 0.464. The third kappa shape index (κ3) is 5.79. The zero-order valence-electron chi connectivity index (χ0n) is 22.0. The number of amides is 1. The number of rotatable bonds is 9. The van der Waals surface area contributed by atoms with Crippen LogP contribution in [0.3, 0.4) is 0 Å². The molecule has 3 saturated heterocycles. The van der Waals surface area contributed by atoms with Gasteiger partial charge in [-0.05, 0) is 44.3 Å². The first kappa shape index (κ1) is 27.9. The summed E-state index contributed by atoms with van der Waals surface area (Å²) in [5.74, 6) is -6.68. The van der Waals surface area contributed by atoms with Gasteiger partial charge in [0.2, 0.25) is 5.91 Å². The second-order valence-electron chi connectivity index (χ2n) is 10.00. The summed E-state index contributed by atoms with van der Waals surface area (Å²) in [4.78, 5) is 40.4. The molecule has 0 aliphatic carbocycles. The number of esters is 2. The minimum atomic E-state index is -1.96. The molecule has 0 aromatic heterocycles. The molecule has 2 aromatic rings. The maximum Gasteiger partial charge on any atom is 0.422 e. The third-order valence-electron chi connectivity index (χ3n) is 7.16. The predicted molar refractivity (Wildman–Crippen MR) is 133 cm³/mol. The molecule has 2 aromatic carbocycles. The smallest absolute Gasteiger partial charge is 0.422 e. The summed E-state index contributed by atoms with van der Waals surface area (Å²) in [5.41, 5.74) is 0.720. The molecule has 214 valence electrons. The molecule has 1 atom stereocenters. The first-order valence-corrected chi connectivity index (χ1v) is 13.1. The van der Waals surface area contributed by atoms with Gasteiger partial charge in [-0.1, -0.05) is 24.3 Å². The third-order valence-corrected chi connectivity index (χ3v) is 7.16. The van der Waals surface area contributed by atoms with Gasteiger partial charge in [0.05, 0.1) is 26.2 Å². The van der Waals surface area contributed by atoms with Crippen molar-refractivity contribution in [2.24, 2.45) is 0 Å². The summed E-state index contributed by atoms with van der Waals surface area (Å²) >= 11 is 0. The Kier molecular flexibility index (Phi) is 8.02. The monoisotopic (exact) mass is 560 g/mol. The lowest BCUT2D eigenvalue weighted by atomic mass is 10.00. The Morgan fingerprint density at radius 2 is 1.73 bits per heavy atom. The zero-order chi connectivity index (χ0) is 28.3. The number of benzene rings is 2. The van der Waals surface area contributed by atoms with E-state index in [9.17, 15) is 23.2 Å². The first-order valence-electron chi connectivity index (χ1n) is 13.1. The second-order valence-corrected chi connectivity index (χ2v) is 10.00. The molecule has 3 aliphatic rings. The Hall–Kier alpha value is -3.61. The van der Waals surface area contributed by atoms with Gasteiger partial charge < -0.3 is 23.7 Å². The summed E-state index contributed by atoms with van der Waals surface area (Å²) in [7, 11) is 1.76. The Bertz CT molecular complexity index is 1240. The average molecular weight is 561 g/mol. The van der Waals surface area contributed by atoms with Crippen LogP contribution in [0, 0.1) is 11.6 Å². The molecule has 1 spiro atoms. The quantitative estimate of drug-likeness (QED) is 0.338. The zero-order valence-corrected chi connectivity index (χ0v) is 22.0. The summed E-state index contributed by atoms with van der Waals surface area (Å²) < 4.78 is 55.6. The fourth-order valence-electron chi connectivity index (χ4n) is 5.26. The van der Waals surface area contributed by atoms with E-state index in [1.54, 1.807) is 30.1 Å². The van der Waals surface area contributed by atoms with E-state index in [1.807, 2.05) is 0 Å². The highest BCUT2D eigenvalue weighted by Gasteiger charge is 2.58. The molecule has 3 fully saturated rings. The largest absolute Gasteiger partial charge is 0.487 e. The molecule has 3 heterocycles.